The number of rotatable bonds is 3. The molecule has 2 fully saturated rings. The van der Waals surface area contributed by atoms with E-state index in [2.05, 4.69) is 6.92 Å². The number of allylic oxidation sites excluding steroid dienone is 3. The Hall–Kier alpha value is -1.75. The fourth-order valence-electron chi connectivity index (χ4n) is 6.31. The summed E-state index contributed by atoms with van der Waals surface area (Å²) in [4.78, 5) is 35.8. The molecule has 0 bridgehead atoms. The largest absolute Gasteiger partial charge is 0.458 e. The summed E-state index contributed by atoms with van der Waals surface area (Å²) >= 11 is 0. The SMILES string of the molecule is CC(=O)OCC(=O)[C@H]1CC[C@H]2[C@@H]3CCC4=CC(O)C(=O)CC4=C3CC[C@]12C. The van der Waals surface area contributed by atoms with E-state index in [0.29, 0.717) is 18.3 Å². The zero-order valence-corrected chi connectivity index (χ0v) is 16.1. The highest BCUT2D eigenvalue weighted by Crippen LogP contribution is 2.62. The number of hydrogen-bond donors (Lipinski definition) is 1. The molecule has 5 nitrogen and oxygen atoms in total. The fourth-order valence-corrected chi connectivity index (χ4v) is 6.31. The minimum absolute atomic E-state index is 0.0415. The summed E-state index contributed by atoms with van der Waals surface area (Å²) in [5.41, 5.74) is 3.70. The minimum Gasteiger partial charge on any atom is -0.458 e. The summed E-state index contributed by atoms with van der Waals surface area (Å²) in [7, 11) is 0. The van der Waals surface area contributed by atoms with Crippen LogP contribution in [0.2, 0.25) is 0 Å². The molecule has 0 saturated heterocycles. The number of Topliss-reactive ketones (excluding diaryl/α,β-unsaturated/α-hetero) is 2. The van der Waals surface area contributed by atoms with Crippen LogP contribution < -0.4 is 0 Å². The summed E-state index contributed by atoms with van der Waals surface area (Å²) in [5.74, 6) is 0.387. The second kappa shape index (κ2) is 6.69. The first-order valence-electron chi connectivity index (χ1n) is 10.1. The van der Waals surface area contributed by atoms with Crippen LogP contribution in [0.15, 0.2) is 22.8 Å². The molecule has 2 saturated carbocycles. The van der Waals surface area contributed by atoms with Gasteiger partial charge in [0.2, 0.25) is 0 Å². The predicted octanol–water partition coefficient (Wildman–Crippen LogP) is 2.91. The van der Waals surface area contributed by atoms with Crippen LogP contribution in [-0.2, 0) is 19.1 Å². The van der Waals surface area contributed by atoms with E-state index < -0.39 is 12.1 Å². The zero-order valence-electron chi connectivity index (χ0n) is 16.1. The van der Waals surface area contributed by atoms with Crippen LogP contribution in [0.3, 0.4) is 0 Å². The standard InChI is InChI=1S/C22H28O5/c1-12(23)27-11-21(26)18-6-5-17-15-4-3-13-9-19(24)20(25)10-16(13)14(15)7-8-22(17,18)2/h9,15,17-19,24H,3-8,10-11H2,1-2H3/t15-,17+,18-,19?,22+/m1/s1. The third kappa shape index (κ3) is 3.00. The number of carbonyl (C=O) groups excluding carboxylic acids is 3. The highest BCUT2D eigenvalue weighted by atomic mass is 16.5. The van der Waals surface area contributed by atoms with Crippen molar-refractivity contribution in [1.29, 1.82) is 0 Å². The Morgan fingerprint density at radius 2 is 2.04 bits per heavy atom. The second-order valence-corrected chi connectivity index (χ2v) is 8.92. The van der Waals surface area contributed by atoms with Crippen LogP contribution in [0.1, 0.15) is 58.8 Å². The molecule has 5 heteroatoms. The van der Waals surface area contributed by atoms with Gasteiger partial charge in [-0.15, -0.1) is 0 Å². The molecule has 0 aromatic rings. The van der Waals surface area contributed by atoms with Crippen molar-refractivity contribution >= 4 is 17.5 Å². The van der Waals surface area contributed by atoms with Gasteiger partial charge in [-0.25, -0.2) is 0 Å². The van der Waals surface area contributed by atoms with Gasteiger partial charge in [-0.05, 0) is 73.0 Å². The number of esters is 1. The molecule has 4 aliphatic carbocycles. The molecular weight excluding hydrogens is 344 g/mol. The smallest absolute Gasteiger partial charge is 0.303 e. The van der Waals surface area contributed by atoms with Gasteiger partial charge >= 0.3 is 5.97 Å². The molecule has 146 valence electrons. The van der Waals surface area contributed by atoms with Crippen LogP contribution in [0, 0.1) is 23.2 Å². The van der Waals surface area contributed by atoms with Gasteiger partial charge in [0.1, 0.15) is 12.7 Å². The zero-order chi connectivity index (χ0) is 19.3. The Kier molecular flexibility index (Phi) is 4.61. The van der Waals surface area contributed by atoms with Crippen LogP contribution in [-0.4, -0.2) is 35.4 Å². The normalized spacial score (nSPS) is 37.9. The second-order valence-electron chi connectivity index (χ2n) is 8.92. The van der Waals surface area contributed by atoms with Gasteiger partial charge in [0.15, 0.2) is 11.6 Å². The molecule has 0 radical (unpaired) electrons. The molecule has 5 atom stereocenters. The Morgan fingerprint density at radius 3 is 2.78 bits per heavy atom. The maximum absolute atomic E-state index is 12.7. The molecule has 1 N–H and O–H groups in total. The maximum atomic E-state index is 12.7. The Bertz CT molecular complexity index is 761. The Morgan fingerprint density at radius 1 is 1.26 bits per heavy atom. The molecule has 1 unspecified atom stereocenters. The molecule has 4 aliphatic rings. The maximum Gasteiger partial charge on any atom is 0.303 e. The monoisotopic (exact) mass is 372 g/mol. The molecule has 27 heavy (non-hydrogen) atoms. The van der Waals surface area contributed by atoms with Gasteiger partial charge in [-0.1, -0.05) is 12.5 Å². The van der Waals surface area contributed by atoms with Crippen LogP contribution in [0.5, 0.6) is 0 Å². The van der Waals surface area contributed by atoms with E-state index in [0.717, 1.165) is 44.1 Å². The van der Waals surface area contributed by atoms with E-state index in [1.165, 1.54) is 18.1 Å². The summed E-state index contributed by atoms with van der Waals surface area (Å²) in [6, 6.07) is 0. The average Bonchev–Trinajstić information content (AvgIpc) is 2.98. The lowest BCUT2D eigenvalue weighted by atomic mass is 9.55. The van der Waals surface area contributed by atoms with Crippen LogP contribution in [0.4, 0.5) is 0 Å². The van der Waals surface area contributed by atoms with Crippen molar-refractivity contribution in [3.05, 3.63) is 22.8 Å². The van der Waals surface area contributed by atoms with Gasteiger partial charge in [0.25, 0.3) is 0 Å². The lowest BCUT2D eigenvalue weighted by Gasteiger charge is -2.49. The lowest BCUT2D eigenvalue weighted by molar-refractivity contribution is -0.148. The van der Waals surface area contributed by atoms with Crippen LogP contribution >= 0.6 is 0 Å². The topological polar surface area (TPSA) is 80.7 Å². The third-order valence-corrected chi connectivity index (χ3v) is 7.62. The van der Waals surface area contributed by atoms with Gasteiger partial charge in [0, 0.05) is 19.3 Å². The van der Waals surface area contributed by atoms with Crippen molar-refractivity contribution in [2.75, 3.05) is 6.61 Å². The number of hydrogen-bond acceptors (Lipinski definition) is 5. The van der Waals surface area contributed by atoms with Crippen molar-refractivity contribution in [2.24, 2.45) is 23.2 Å². The van der Waals surface area contributed by atoms with E-state index in [9.17, 15) is 19.5 Å². The highest BCUT2D eigenvalue weighted by molar-refractivity contribution is 5.90. The predicted molar refractivity (Wildman–Crippen MR) is 98.7 cm³/mol. The summed E-state index contributed by atoms with van der Waals surface area (Å²) in [6.45, 7) is 3.46. The summed E-state index contributed by atoms with van der Waals surface area (Å²) < 4.78 is 4.97. The van der Waals surface area contributed by atoms with Crippen molar-refractivity contribution in [2.45, 2.75) is 64.9 Å². The number of ketones is 2. The molecule has 0 amide bonds. The quantitative estimate of drug-likeness (QED) is 0.771. The first kappa shape index (κ1) is 18.6. The van der Waals surface area contributed by atoms with Crippen molar-refractivity contribution in [3.63, 3.8) is 0 Å². The summed E-state index contributed by atoms with van der Waals surface area (Å²) in [6.07, 6.45) is 6.85. The van der Waals surface area contributed by atoms with E-state index in [1.54, 1.807) is 6.08 Å². The van der Waals surface area contributed by atoms with Crippen molar-refractivity contribution < 1.29 is 24.2 Å². The molecule has 0 heterocycles. The fraction of sp³-hybridized carbons (Fsp3) is 0.682. The first-order chi connectivity index (χ1) is 12.8. The lowest BCUT2D eigenvalue weighted by Crippen LogP contribution is -2.43. The molecule has 0 spiro atoms. The minimum atomic E-state index is -0.940. The highest BCUT2D eigenvalue weighted by Gasteiger charge is 2.55. The average molecular weight is 372 g/mol. The van der Waals surface area contributed by atoms with Crippen LogP contribution in [0.25, 0.3) is 0 Å². The molecule has 0 aromatic heterocycles. The van der Waals surface area contributed by atoms with Crippen molar-refractivity contribution in [1.82, 2.24) is 0 Å². The number of aliphatic hydroxyl groups excluding tert-OH is 1. The van der Waals surface area contributed by atoms with Gasteiger partial charge in [-0.2, -0.15) is 0 Å². The van der Waals surface area contributed by atoms with E-state index in [-0.39, 0.29) is 29.5 Å². The van der Waals surface area contributed by atoms with E-state index >= 15 is 0 Å². The number of fused-ring (bicyclic) bond motifs is 4. The molecule has 0 aromatic carbocycles. The molecular formula is C22H28O5. The van der Waals surface area contributed by atoms with Gasteiger partial charge in [0.05, 0.1) is 0 Å². The van der Waals surface area contributed by atoms with E-state index in [4.69, 9.17) is 4.74 Å². The Labute approximate surface area is 159 Å². The van der Waals surface area contributed by atoms with Gasteiger partial charge in [-0.3, -0.25) is 14.4 Å². The Balaban J connectivity index is 1.59. The number of carbonyl (C=O) groups is 3. The van der Waals surface area contributed by atoms with E-state index in [1.807, 2.05) is 0 Å². The molecule has 4 rings (SSSR count). The van der Waals surface area contributed by atoms with Crippen molar-refractivity contribution in [3.8, 4) is 0 Å². The number of ether oxygens (including phenoxy) is 1. The first-order valence-corrected chi connectivity index (χ1v) is 10.1. The third-order valence-electron chi connectivity index (χ3n) is 7.62. The molecule has 0 aliphatic heterocycles. The number of aliphatic hydroxyl groups is 1. The van der Waals surface area contributed by atoms with Gasteiger partial charge < -0.3 is 9.84 Å². The summed E-state index contributed by atoms with van der Waals surface area (Å²) in [5, 5.41) is 9.87.